The summed E-state index contributed by atoms with van der Waals surface area (Å²) in [6, 6.07) is 5.92. The van der Waals surface area contributed by atoms with Crippen molar-refractivity contribution in [2.75, 3.05) is 40.4 Å². The number of likely N-dealkylation sites (N-methyl/N-ethyl adjacent to an activating group) is 1. The zero-order valence-electron chi connectivity index (χ0n) is 13.8. The van der Waals surface area contributed by atoms with Crippen LogP contribution in [0.25, 0.3) is 11.0 Å². The molecule has 0 saturated carbocycles. The number of hydrogen-bond donors (Lipinski definition) is 1. The number of hydrogen-bond acceptors (Lipinski definition) is 4. The number of H-pyrrole nitrogens is 1. The normalized spacial score (nSPS) is 16.1. The van der Waals surface area contributed by atoms with Crippen LogP contribution in [0.5, 0.6) is 0 Å². The molecule has 1 aromatic carbocycles. The van der Waals surface area contributed by atoms with E-state index in [2.05, 4.69) is 14.9 Å². The lowest BCUT2D eigenvalue weighted by Crippen LogP contribution is -2.46. The van der Waals surface area contributed by atoms with Crippen LogP contribution in [0, 0.1) is 0 Å². The van der Waals surface area contributed by atoms with Crippen molar-refractivity contribution in [1.82, 2.24) is 19.8 Å². The van der Waals surface area contributed by atoms with Gasteiger partial charge < -0.3 is 19.5 Å². The number of ether oxygens (including phenoxy) is 1. The van der Waals surface area contributed by atoms with Crippen molar-refractivity contribution < 1.29 is 9.53 Å². The summed E-state index contributed by atoms with van der Waals surface area (Å²) in [7, 11) is 4.06. The van der Waals surface area contributed by atoms with Gasteiger partial charge in [-0.3, -0.25) is 4.79 Å². The van der Waals surface area contributed by atoms with Crippen LogP contribution in [0.2, 0.25) is 0 Å². The summed E-state index contributed by atoms with van der Waals surface area (Å²) in [4.78, 5) is 24.5. The second-order valence-corrected chi connectivity index (χ2v) is 6.28. The molecule has 1 aliphatic rings. The Hall–Kier alpha value is -1.92. The van der Waals surface area contributed by atoms with Gasteiger partial charge in [0.05, 0.1) is 17.4 Å². The molecule has 1 N–H and O–H groups in total. The highest BCUT2D eigenvalue weighted by Crippen LogP contribution is 2.19. The van der Waals surface area contributed by atoms with Gasteiger partial charge in [-0.15, -0.1) is 0 Å². The Kier molecular flexibility index (Phi) is 4.93. The van der Waals surface area contributed by atoms with Crippen LogP contribution in [0.1, 0.15) is 23.2 Å². The smallest absolute Gasteiger partial charge is 0.254 e. The molecule has 1 aromatic heterocycles. The predicted molar refractivity (Wildman–Crippen MR) is 89.5 cm³/mol. The molecule has 3 rings (SSSR count). The van der Waals surface area contributed by atoms with Crippen molar-refractivity contribution in [1.29, 1.82) is 0 Å². The Labute approximate surface area is 136 Å². The molecule has 6 heteroatoms. The van der Waals surface area contributed by atoms with E-state index >= 15 is 0 Å². The number of carbonyl (C=O) groups excluding carboxylic acids is 1. The first-order valence-corrected chi connectivity index (χ1v) is 8.12. The monoisotopic (exact) mass is 316 g/mol. The minimum atomic E-state index is 0.0928. The van der Waals surface area contributed by atoms with Crippen LogP contribution >= 0.6 is 0 Å². The number of amides is 1. The number of aromatic nitrogens is 2. The maximum absolute atomic E-state index is 13.1. The molecule has 1 fully saturated rings. The summed E-state index contributed by atoms with van der Waals surface area (Å²) in [6.45, 7) is 3.05. The lowest BCUT2D eigenvalue weighted by atomic mass is 10.0. The molecule has 1 aliphatic heterocycles. The number of rotatable bonds is 5. The molecule has 0 atom stereocenters. The average Bonchev–Trinajstić information content (AvgIpc) is 3.03. The van der Waals surface area contributed by atoms with Crippen molar-refractivity contribution >= 4 is 16.9 Å². The summed E-state index contributed by atoms with van der Waals surface area (Å²) in [5, 5.41) is 0. The second-order valence-electron chi connectivity index (χ2n) is 6.28. The Morgan fingerprint density at radius 3 is 2.83 bits per heavy atom. The highest BCUT2D eigenvalue weighted by atomic mass is 16.5. The van der Waals surface area contributed by atoms with Crippen LogP contribution < -0.4 is 0 Å². The molecule has 0 unspecified atom stereocenters. The number of nitrogens with one attached hydrogen (secondary N) is 1. The van der Waals surface area contributed by atoms with Crippen LogP contribution in [0.4, 0.5) is 0 Å². The van der Waals surface area contributed by atoms with Crippen LogP contribution in [0.3, 0.4) is 0 Å². The quantitative estimate of drug-likeness (QED) is 0.913. The van der Waals surface area contributed by atoms with Crippen LogP contribution in [0.15, 0.2) is 24.5 Å². The summed E-state index contributed by atoms with van der Waals surface area (Å²) < 4.78 is 5.45. The highest BCUT2D eigenvalue weighted by Gasteiger charge is 2.26. The van der Waals surface area contributed by atoms with E-state index in [4.69, 9.17) is 4.74 Å². The Morgan fingerprint density at radius 1 is 1.30 bits per heavy atom. The van der Waals surface area contributed by atoms with Crippen molar-refractivity contribution in [2.24, 2.45) is 0 Å². The van der Waals surface area contributed by atoms with Crippen LogP contribution in [-0.4, -0.2) is 72.1 Å². The minimum absolute atomic E-state index is 0.0928. The molecule has 23 heavy (non-hydrogen) atoms. The third kappa shape index (κ3) is 3.71. The first-order valence-electron chi connectivity index (χ1n) is 8.12. The SMILES string of the molecule is CN(C)CCN(C(=O)c1ccc2nc[nH]c2c1)C1CCOCC1. The molecule has 124 valence electrons. The number of benzene rings is 1. The van der Waals surface area contributed by atoms with E-state index in [1.54, 1.807) is 6.33 Å². The van der Waals surface area contributed by atoms with E-state index in [1.807, 2.05) is 37.2 Å². The number of imidazole rings is 1. The highest BCUT2D eigenvalue weighted by molar-refractivity contribution is 5.97. The second kappa shape index (κ2) is 7.10. The Bertz CT molecular complexity index is 661. The van der Waals surface area contributed by atoms with Gasteiger partial charge in [0, 0.05) is 37.9 Å². The van der Waals surface area contributed by atoms with Gasteiger partial charge in [0.2, 0.25) is 0 Å². The van der Waals surface area contributed by atoms with Crippen LogP contribution in [-0.2, 0) is 4.74 Å². The number of carbonyl (C=O) groups is 1. The Balaban J connectivity index is 1.82. The van der Waals surface area contributed by atoms with E-state index in [1.165, 1.54) is 0 Å². The van der Waals surface area contributed by atoms with Gasteiger partial charge in [0.1, 0.15) is 0 Å². The topological polar surface area (TPSA) is 61.5 Å². The first-order chi connectivity index (χ1) is 11.1. The van der Waals surface area contributed by atoms with Gasteiger partial charge in [-0.2, -0.15) is 0 Å². The summed E-state index contributed by atoms with van der Waals surface area (Å²) in [6.07, 6.45) is 3.47. The van der Waals surface area contributed by atoms with Crippen molar-refractivity contribution in [3.05, 3.63) is 30.1 Å². The molecule has 2 heterocycles. The molecular weight excluding hydrogens is 292 g/mol. The van der Waals surface area contributed by atoms with Gasteiger partial charge in [-0.05, 0) is 45.1 Å². The zero-order valence-corrected chi connectivity index (χ0v) is 13.8. The van der Waals surface area contributed by atoms with Gasteiger partial charge in [0.25, 0.3) is 5.91 Å². The van der Waals surface area contributed by atoms with Gasteiger partial charge in [-0.1, -0.05) is 0 Å². The molecule has 1 saturated heterocycles. The number of fused-ring (bicyclic) bond motifs is 1. The lowest BCUT2D eigenvalue weighted by Gasteiger charge is -2.35. The fraction of sp³-hybridized carbons (Fsp3) is 0.529. The molecule has 0 aliphatic carbocycles. The predicted octanol–water partition coefficient (Wildman–Crippen LogP) is 1.75. The fourth-order valence-corrected chi connectivity index (χ4v) is 2.99. The summed E-state index contributed by atoms with van der Waals surface area (Å²) >= 11 is 0. The molecule has 2 aromatic rings. The summed E-state index contributed by atoms with van der Waals surface area (Å²) in [5.41, 5.74) is 2.50. The molecule has 0 bridgehead atoms. The van der Waals surface area contributed by atoms with Crippen molar-refractivity contribution in [3.8, 4) is 0 Å². The zero-order chi connectivity index (χ0) is 16.2. The van der Waals surface area contributed by atoms with Gasteiger partial charge in [0.15, 0.2) is 0 Å². The van der Waals surface area contributed by atoms with E-state index < -0.39 is 0 Å². The average molecular weight is 316 g/mol. The largest absolute Gasteiger partial charge is 0.381 e. The van der Waals surface area contributed by atoms with E-state index in [0.717, 1.165) is 50.2 Å². The minimum Gasteiger partial charge on any atom is -0.381 e. The summed E-state index contributed by atoms with van der Waals surface area (Å²) in [5.74, 6) is 0.0928. The molecule has 1 amide bonds. The molecule has 0 spiro atoms. The van der Waals surface area contributed by atoms with Crippen molar-refractivity contribution in [3.63, 3.8) is 0 Å². The molecule has 0 radical (unpaired) electrons. The third-order valence-corrected chi connectivity index (χ3v) is 4.35. The van der Waals surface area contributed by atoms with E-state index in [-0.39, 0.29) is 11.9 Å². The van der Waals surface area contributed by atoms with Gasteiger partial charge >= 0.3 is 0 Å². The third-order valence-electron chi connectivity index (χ3n) is 4.35. The fourth-order valence-electron chi connectivity index (χ4n) is 2.99. The maximum Gasteiger partial charge on any atom is 0.254 e. The molecular formula is C17H24N4O2. The van der Waals surface area contributed by atoms with E-state index in [0.29, 0.717) is 5.56 Å². The maximum atomic E-state index is 13.1. The van der Waals surface area contributed by atoms with Gasteiger partial charge in [-0.25, -0.2) is 4.98 Å². The molecule has 6 nitrogen and oxygen atoms in total. The first kappa shape index (κ1) is 16.0. The van der Waals surface area contributed by atoms with Crippen molar-refractivity contribution in [2.45, 2.75) is 18.9 Å². The van der Waals surface area contributed by atoms with E-state index in [9.17, 15) is 4.79 Å². The standard InChI is InChI=1S/C17H24N4O2/c1-20(2)7-8-21(14-5-9-23-10-6-14)17(22)13-3-4-15-16(11-13)19-12-18-15/h3-4,11-12,14H,5-10H2,1-2H3,(H,18,19). The number of nitrogens with zero attached hydrogens (tertiary/aromatic N) is 3. The lowest BCUT2D eigenvalue weighted by molar-refractivity contribution is 0.0276. The number of aromatic amines is 1. The Morgan fingerprint density at radius 2 is 2.09 bits per heavy atom.